The van der Waals surface area contributed by atoms with Crippen molar-refractivity contribution in [2.45, 2.75) is 43.3 Å². The molecule has 0 aliphatic heterocycles. The number of hydrogen-bond donors (Lipinski definition) is 0. The third-order valence-corrected chi connectivity index (χ3v) is 3.91. The van der Waals surface area contributed by atoms with Gasteiger partial charge in [-0.05, 0) is 12.8 Å². The smallest absolute Gasteiger partial charge is 0.227 e. The summed E-state index contributed by atoms with van der Waals surface area (Å²) >= 11 is 0. The third kappa shape index (κ3) is 2.22. The van der Waals surface area contributed by atoms with Gasteiger partial charge in [-0.1, -0.05) is 19.3 Å². The highest BCUT2D eigenvalue weighted by atomic mass is 32.2. The zero-order valence-electron chi connectivity index (χ0n) is 8.89. The van der Waals surface area contributed by atoms with E-state index in [1.807, 2.05) is 4.57 Å². The van der Waals surface area contributed by atoms with Crippen LogP contribution in [0.3, 0.4) is 0 Å². The molecule has 1 fully saturated rings. The van der Waals surface area contributed by atoms with Gasteiger partial charge in [-0.2, -0.15) is 0 Å². The van der Waals surface area contributed by atoms with Crippen molar-refractivity contribution in [3.8, 4) is 0 Å². The molecule has 0 amide bonds. The largest absolute Gasteiger partial charge is 0.319 e. The fourth-order valence-corrected chi connectivity index (χ4v) is 3.07. The van der Waals surface area contributed by atoms with E-state index in [2.05, 4.69) is 4.98 Å². The van der Waals surface area contributed by atoms with Crippen molar-refractivity contribution >= 4 is 9.84 Å². The van der Waals surface area contributed by atoms with Crippen LogP contribution in [0.1, 0.15) is 38.1 Å². The summed E-state index contributed by atoms with van der Waals surface area (Å²) in [5, 5.41) is 0.217. The summed E-state index contributed by atoms with van der Waals surface area (Å²) in [4.78, 5) is 3.94. The molecule has 1 aromatic heterocycles. The second kappa shape index (κ2) is 3.96. The summed E-state index contributed by atoms with van der Waals surface area (Å²) in [6.07, 6.45) is 10.3. The minimum absolute atomic E-state index is 0.217. The molecule has 0 radical (unpaired) electrons. The van der Waals surface area contributed by atoms with E-state index in [1.165, 1.54) is 25.5 Å². The first kappa shape index (κ1) is 10.7. The minimum Gasteiger partial charge on any atom is -0.319 e. The summed E-state index contributed by atoms with van der Waals surface area (Å²) in [6, 6.07) is 0.325. The Morgan fingerprint density at radius 3 is 2.60 bits per heavy atom. The molecule has 0 aromatic carbocycles. The highest BCUT2D eigenvalue weighted by Gasteiger charge is 2.22. The number of aromatic nitrogens is 2. The highest BCUT2D eigenvalue weighted by molar-refractivity contribution is 7.90. The first-order chi connectivity index (χ1) is 7.09. The van der Waals surface area contributed by atoms with Crippen molar-refractivity contribution in [1.29, 1.82) is 0 Å². The predicted octanol–water partition coefficient (Wildman–Crippen LogP) is 1.79. The van der Waals surface area contributed by atoms with E-state index in [0.29, 0.717) is 6.04 Å². The van der Waals surface area contributed by atoms with Crippen molar-refractivity contribution in [3.63, 3.8) is 0 Å². The fraction of sp³-hybridized carbons (Fsp3) is 0.700. The Morgan fingerprint density at radius 2 is 2.00 bits per heavy atom. The molecule has 1 aliphatic rings. The molecule has 5 heteroatoms. The monoisotopic (exact) mass is 228 g/mol. The summed E-state index contributed by atoms with van der Waals surface area (Å²) in [5.74, 6) is 0. The summed E-state index contributed by atoms with van der Waals surface area (Å²) in [6.45, 7) is 0. The fourth-order valence-electron chi connectivity index (χ4n) is 2.22. The number of sulfone groups is 1. The van der Waals surface area contributed by atoms with E-state index < -0.39 is 9.84 Å². The molecule has 0 spiro atoms. The lowest BCUT2D eigenvalue weighted by Crippen LogP contribution is -2.17. The Kier molecular flexibility index (Phi) is 2.82. The molecule has 0 N–H and O–H groups in total. The van der Waals surface area contributed by atoms with Gasteiger partial charge in [0.25, 0.3) is 0 Å². The van der Waals surface area contributed by atoms with Gasteiger partial charge in [0.1, 0.15) is 0 Å². The van der Waals surface area contributed by atoms with Crippen LogP contribution < -0.4 is 0 Å². The standard InChI is InChI=1S/C10H16N2O2S/c1-15(13,14)10-11-7-8-12(10)9-5-3-2-4-6-9/h7-9H,2-6H2,1H3. The van der Waals surface area contributed by atoms with Gasteiger partial charge in [0.2, 0.25) is 15.0 Å². The maximum atomic E-state index is 11.5. The molecule has 2 rings (SSSR count). The van der Waals surface area contributed by atoms with Crippen LogP contribution in [-0.4, -0.2) is 24.2 Å². The van der Waals surface area contributed by atoms with E-state index >= 15 is 0 Å². The number of imidazole rings is 1. The van der Waals surface area contributed by atoms with Crippen LogP contribution in [-0.2, 0) is 9.84 Å². The lowest BCUT2D eigenvalue weighted by molar-refractivity contribution is 0.334. The second-order valence-electron chi connectivity index (χ2n) is 4.18. The quantitative estimate of drug-likeness (QED) is 0.775. The maximum Gasteiger partial charge on any atom is 0.227 e. The Morgan fingerprint density at radius 1 is 1.33 bits per heavy atom. The predicted molar refractivity (Wildman–Crippen MR) is 57.5 cm³/mol. The van der Waals surface area contributed by atoms with Gasteiger partial charge in [0.15, 0.2) is 0 Å². The minimum atomic E-state index is -3.19. The van der Waals surface area contributed by atoms with Gasteiger partial charge in [-0.25, -0.2) is 13.4 Å². The molecule has 1 aromatic rings. The molecule has 1 saturated carbocycles. The van der Waals surface area contributed by atoms with Gasteiger partial charge >= 0.3 is 0 Å². The molecule has 4 nitrogen and oxygen atoms in total. The van der Waals surface area contributed by atoms with Crippen molar-refractivity contribution in [2.75, 3.05) is 6.26 Å². The van der Waals surface area contributed by atoms with E-state index in [0.717, 1.165) is 12.8 Å². The zero-order valence-corrected chi connectivity index (χ0v) is 9.70. The van der Waals surface area contributed by atoms with E-state index in [1.54, 1.807) is 12.4 Å². The van der Waals surface area contributed by atoms with Crippen molar-refractivity contribution < 1.29 is 8.42 Å². The Hall–Kier alpha value is -0.840. The first-order valence-corrected chi connectivity index (χ1v) is 7.21. The number of hydrogen-bond acceptors (Lipinski definition) is 3. The Balaban J connectivity index is 2.32. The molecule has 0 unspecified atom stereocenters. The lowest BCUT2D eigenvalue weighted by atomic mass is 9.95. The molecule has 0 bridgehead atoms. The van der Waals surface area contributed by atoms with Crippen molar-refractivity contribution in [2.24, 2.45) is 0 Å². The third-order valence-electron chi connectivity index (χ3n) is 2.93. The summed E-state index contributed by atoms with van der Waals surface area (Å²) in [7, 11) is -3.19. The SMILES string of the molecule is CS(=O)(=O)c1nccn1C1CCCCC1. The number of rotatable bonds is 2. The highest BCUT2D eigenvalue weighted by Crippen LogP contribution is 2.29. The van der Waals surface area contributed by atoms with Crippen LogP contribution in [0.5, 0.6) is 0 Å². The average molecular weight is 228 g/mol. The maximum absolute atomic E-state index is 11.5. The molecular formula is C10H16N2O2S. The normalized spacial score (nSPS) is 19.3. The molecule has 1 heterocycles. The van der Waals surface area contributed by atoms with Gasteiger partial charge in [0.05, 0.1) is 0 Å². The van der Waals surface area contributed by atoms with Crippen molar-refractivity contribution in [1.82, 2.24) is 9.55 Å². The van der Waals surface area contributed by atoms with Crippen LogP contribution in [0.2, 0.25) is 0 Å². The van der Waals surface area contributed by atoms with Crippen LogP contribution in [0.4, 0.5) is 0 Å². The van der Waals surface area contributed by atoms with Crippen molar-refractivity contribution in [3.05, 3.63) is 12.4 Å². The van der Waals surface area contributed by atoms with Gasteiger partial charge in [0, 0.05) is 24.7 Å². The van der Waals surface area contributed by atoms with E-state index in [4.69, 9.17) is 0 Å². The van der Waals surface area contributed by atoms with Crippen LogP contribution in [0, 0.1) is 0 Å². The first-order valence-electron chi connectivity index (χ1n) is 5.32. The topological polar surface area (TPSA) is 52.0 Å². The molecule has 0 atom stereocenters. The molecular weight excluding hydrogens is 212 g/mol. The van der Waals surface area contributed by atoms with Crippen LogP contribution >= 0.6 is 0 Å². The van der Waals surface area contributed by atoms with E-state index in [9.17, 15) is 8.42 Å². The average Bonchev–Trinajstić information content (AvgIpc) is 2.67. The zero-order chi connectivity index (χ0) is 10.9. The van der Waals surface area contributed by atoms with Gasteiger partial charge in [-0.15, -0.1) is 0 Å². The van der Waals surface area contributed by atoms with Crippen LogP contribution in [0.25, 0.3) is 0 Å². The Bertz CT molecular complexity index is 430. The molecule has 1 aliphatic carbocycles. The summed E-state index contributed by atoms with van der Waals surface area (Å²) < 4.78 is 24.8. The molecule has 84 valence electrons. The van der Waals surface area contributed by atoms with Crippen LogP contribution in [0.15, 0.2) is 17.6 Å². The molecule has 15 heavy (non-hydrogen) atoms. The second-order valence-corrected chi connectivity index (χ2v) is 6.09. The molecule has 0 saturated heterocycles. The number of nitrogens with zero attached hydrogens (tertiary/aromatic N) is 2. The van der Waals surface area contributed by atoms with E-state index in [-0.39, 0.29) is 5.16 Å². The lowest BCUT2D eigenvalue weighted by Gasteiger charge is -2.24. The Labute approximate surface area is 90.2 Å². The summed E-state index contributed by atoms with van der Waals surface area (Å²) in [5.41, 5.74) is 0. The van der Waals surface area contributed by atoms with Gasteiger partial charge in [-0.3, -0.25) is 0 Å². The van der Waals surface area contributed by atoms with Gasteiger partial charge < -0.3 is 4.57 Å².